The molecule has 0 atom stereocenters. The summed E-state index contributed by atoms with van der Waals surface area (Å²) in [6.45, 7) is 0. The van der Waals surface area contributed by atoms with Crippen molar-refractivity contribution in [3.05, 3.63) is 152 Å². The van der Waals surface area contributed by atoms with E-state index in [2.05, 4.69) is 161 Å². The number of hydrogen-bond donors (Lipinski definition) is 0. The molecule has 0 amide bonds. The highest BCUT2D eigenvalue weighted by Crippen LogP contribution is 2.47. The molecule has 5 heteroatoms. The quantitative estimate of drug-likeness (QED) is 0.194. The first-order valence-electron chi connectivity index (χ1n) is 15.4. The third-order valence-corrected chi connectivity index (χ3v) is 11.3. The average molecular weight is 624 g/mol. The molecule has 0 saturated heterocycles. The molecule has 3 nitrogen and oxygen atoms in total. The van der Waals surface area contributed by atoms with Crippen LogP contribution in [0.5, 0.6) is 0 Å². The molecule has 0 spiro atoms. The van der Waals surface area contributed by atoms with Crippen molar-refractivity contribution in [2.45, 2.75) is 0 Å². The Kier molecular flexibility index (Phi) is 5.61. The first-order valence-corrected chi connectivity index (χ1v) is 17.0. The predicted octanol–water partition coefficient (Wildman–Crippen LogP) is 12.4. The van der Waals surface area contributed by atoms with Crippen molar-refractivity contribution >= 4 is 96.4 Å². The Morgan fingerprint density at radius 2 is 1.02 bits per heavy atom. The highest BCUT2D eigenvalue weighted by Gasteiger charge is 2.25. The van der Waals surface area contributed by atoms with Crippen molar-refractivity contribution in [2.24, 2.45) is 0 Å². The number of fused-ring (bicyclic) bond motifs is 8. The molecular weight excluding hydrogens is 599 g/mol. The lowest BCUT2D eigenvalue weighted by Crippen LogP contribution is -2.11. The second-order valence-corrected chi connectivity index (χ2v) is 13.9. The Morgan fingerprint density at radius 1 is 0.478 bits per heavy atom. The van der Waals surface area contributed by atoms with Gasteiger partial charge in [-0.3, -0.25) is 0 Å². The molecule has 0 aliphatic heterocycles. The van der Waals surface area contributed by atoms with Gasteiger partial charge in [0.2, 0.25) is 0 Å². The SMILES string of the molecule is c1ccc(-c2nn3cc4ccccc4cc3c2N(c2ccc3sc4ccccc4c3c2)c2ccc3sc4ccccc4c3c2)cc1. The number of hydrogen-bond acceptors (Lipinski definition) is 4. The molecule has 216 valence electrons. The first-order chi connectivity index (χ1) is 22.8. The molecule has 0 fully saturated rings. The minimum absolute atomic E-state index is 0.946. The molecule has 10 rings (SSSR count). The van der Waals surface area contributed by atoms with Gasteiger partial charge in [0, 0.05) is 68.9 Å². The molecule has 10 aromatic rings. The fraction of sp³-hybridized carbons (Fsp3) is 0. The van der Waals surface area contributed by atoms with Gasteiger partial charge in [0.15, 0.2) is 0 Å². The van der Waals surface area contributed by atoms with Gasteiger partial charge in [0.1, 0.15) is 11.4 Å². The number of anilines is 3. The van der Waals surface area contributed by atoms with Gasteiger partial charge >= 0.3 is 0 Å². The fourth-order valence-electron chi connectivity index (χ4n) is 6.84. The lowest BCUT2D eigenvalue weighted by atomic mass is 10.1. The molecule has 6 aromatic carbocycles. The maximum absolute atomic E-state index is 5.29. The molecule has 0 N–H and O–H groups in total. The van der Waals surface area contributed by atoms with Crippen LogP contribution in [-0.2, 0) is 0 Å². The largest absolute Gasteiger partial charge is 0.306 e. The number of pyridine rings is 1. The van der Waals surface area contributed by atoms with Crippen molar-refractivity contribution in [1.29, 1.82) is 0 Å². The van der Waals surface area contributed by atoms with E-state index in [0.29, 0.717) is 0 Å². The Labute approximate surface area is 272 Å². The number of benzene rings is 6. The van der Waals surface area contributed by atoms with Crippen LogP contribution in [-0.4, -0.2) is 9.61 Å². The number of nitrogens with zero attached hydrogens (tertiary/aromatic N) is 3. The summed E-state index contributed by atoms with van der Waals surface area (Å²) < 4.78 is 7.25. The van der Waals surface area contributed by atoms with Crippen LogP contribution in [0.1, 0.15) is 0 Å². The second-order valence-electron chi connectivity index (χ2n) is 11.7. The lowest BCUT2D eigenvalue weighted by molar-refractivity contribution is 0.974. The van der Waals surface area contributed by atoms with E-state index in [4.69, 9.17) is 5.10 Å². The summed E-state index contributed by atoms with van der Waals surface area (Å²) in [5.41, 5.74) is 6.36. The van der Waals surface area contributed by atoms with Crippen LogP contribution >= 0.6 is 22.7 Å². The topological polar surface area (TPSA) is 20.5 Å². The van der Waals surface area contributed by atoms with E-state index in [1.807, 2.05) is 22.7 Å². The van der Waals surface area contributed by atoms with Crippen molar-refractivity contribution in [1.82, 2.24) is 9.61 Å². The van der Waals surface area contributed by atoms with Crippen molar-refractivity contribution in [3.8, 4) is 11.3 Å². The van der Waals surface area contributed by atoms with Crippen molar-refractivity contribution in [2.75, 3.05) is 4.90 Å². The predicted molar refractivity (Wildman–Crippen MR) is 199 cm³/mol. The van der Waals surface area contributed by atoms with Crippen LogP contribution < -0.4 is 4.90 Å². The van der Waals surface area contributed by atoms with Gasteiger partial charge in [0.05, 0.1) is 5.52 Å². The summed E-state index contributed by atoms with van der Waals surface area (Å²) >= 11 is 3.70. The van der Waals surface area contributed by atoms with Crippen LogP contribution in [0.2, 0.25) is 0 Å². The summed E-state index contributed by atoms with van der Waals surface area (Å²) in [4.78, 5) is 2.43. The Balaban J connectivity index is 1.33. The lowest BCUT2D eigenvalue weighted by Gasteiger charge is -2.26. The number of rotatable bonds is 4. The van der Waals surface area contributed by atoms with E-state index in [1.165, 1.54) is 45.7 Å². The normalized spacial score (nSPS) is 11.9. The Morgan fingerprint density at radius 3 is 1.67 bits per heavy atom. The van der Waals surface area contributed by atoms with E-state index >= 15 is 0 Å². The van der Waals surface area contributed by atoms with E-state index < -0.39 is 0 Å². The minimum Gasteiger partial charge on any atom is -0.306 e. The van der Waals surface area contributed by atoms with Gasteiger partial charge in [-0.05, 0) is 60.0 Å². The standard InChI is InChI=1S/C41H25N3S2/c1-2-10-26(11-3-1)40-41(35-22-27-12-4-5-13-28(27)25-43(35)42-40)44(29-18-20-38-33(23-29)31-14-6-8-16-36(31)45-38)30-19-21-39-34(24-30)32-15-7-9-17-37(32)46-39/h1-25H. The van der Waals surface area contributed by atoms with Crippen molar-refractivity contribution in [3.63, 3.8) is 0 Å². The molecular formula is C41H25N3S2. The molecule has 0 saturated carbocycles. The van der Waals surface area contributed by atoms with Gasteiger partial charge in [0.25, 0.3) is 0 Å². The average Bonchev–Trinajstić information content (AvgIpc) is 3.79. The van der Waals surface area contributed by atoms with Crippen LogP contribution in [0, 0.1) is 0 Å². The molecule has 0 aliphatic rings. The maximum Gasteiger partial charge on any atom is 0.117 e. The molecule has 0 aliphatic carbocycles. The Bertz CT molecular complexity index is 2660. The van der Waals surface area contributed by atoms with Gasteiger partial charge in [-0.2, -0.15) is 5.10 Å². The second kappa shape index (κ2) is 10.0. The zero-order valence-corrected chi connectivity index (χ0v) is 26.2. The smallest absolute Gasteiger partial charge is 0.117 e. The molecule has 0 unspecified atom stereocenters. The van der Waals surface area contributed by atoms with Crippen LogP contribution in [0.4, 0.5) is 17.1 Å². The zero-order valence-electron chi connectivity index (χ0n) is 24.6. The maximum atomic E-state index is 5.29. The minimum atomic E-state index is 0.946. The summed E-state index contributed by atoms with van der Waals surface area (Å²) in [6.07, 6.45) is 2.16. The summed E-state index contributed by atoms with van der Waals surface area (Å²) in [7, 11) is 0. The van der Waals surface area contributed by atoms with Gasteiger partial charge in [-0.15, -0.1) is 22.7 Å². The van der Waals surface area contributed by atoms with E-state index in [-0.39, 0.29) is 0 Å². The first kappa shape index (κ1) is 25.8. The highest BCUT2D eigenvalue weighted by atomic mass is 32.1. The van der Waals surface area contributed by atoms with Gasteiger partial charge in [-0.1, -0.05) is 91.0 Å². The molecule has 0 bridgehead atoms. The molecule has 4 heterocycles. The number of aromatic nitrogens is 2. The summed E-state index contributed by atoms with van der Waals surface area (Å²) in [5.74, 6) is 0. The Hall–Kier alpha value is -5.49. The van der Waals surface area contributed by atoms with Crippen LogP contribution in [0.25, 0.3) is 67.9 Å². The molecule has 46 heavy (non-hydrogen) atoms. The highest BCUT2D eigenvalue weighted by molar-refractivity contribution is 7.26. The van der Waals surface area contributed by atoms with Gasteiger partial charge < -0.3 is 4.90 Å². The van der Waals surface area contributed by atoms with Crippen LogP contribution in [0.3, 0.4) is 0 Å². The molecule has 4 aromatic heterocycles. The zero-order chi connectivity index (χ0) is 30.2. The van der Waals surface area contributed by atoms with E-state index in [9.17, 15) is 0 Å². The third-order valence-electron chi connectivity index (χ3n) is 8.98. The fourth-order valence-corrected chi connectivity index (χ4v) is 9.01. The third kappa shape index (κ3) is 3.92. The summed E-state index contributed by atoms with van der Waals surface area (Å²) in [6, 6.07) is 52.7. The van der Waals surface area contributed by atoms with Crippen LogP contribution in [0.15, 0.2) is 152 Å². The van der Waals surface area contributed by atoms with E-state index in [1.54, 1.807) is 0 Å². The number of thiophene rings is 2. The monoisotopic (exact) mass is 623 g/mol. The summed E-state index contributed by atoms with van der Waals surface area (Å²) in [5, 5.41) is 12.8. The van der Waals surface area contributed by atoms with Gasteiger partial charge in [-0.25, -0.2) is 4.52 Å². The molecule has 0 radical (unpaired) electrons. The van der Waals surface area contributed by atoms with E-state index in [0.717, 1.165) is 39.2 Å². The van der Waals surface area contributed by atoms with Crippen molar-refractivity contribution < 1.29 is 0 Å².